The number of rotatable bonds is 11. The summed E-state index contributed by atoms with van der Waals surface area (Å²) in [5.74, 6) is 3.41. The molecule has 0 saturated heterocycles. The predicted octanol–water partition coefficient (Wildman–Crippen LogP) is 5.60. The van der Waals surface area contributed by atoms with Crippen molar-refractivity contribution in [3.05, 3.63) is 54.1 Å². The van der Waals surface area contributed by atoms with Crippen molar-refractivity contribution in [2.45, 2.75) is 58.0 Å². The number of hydrogen-bond donors (Lipinski definition) is 1. The van der Waals surface area contributed by atoms with Crippen molar-refractivity contribution < 1.29 is 14.2 Å². The van der Waals surface area contributed by atoms with Gasteiger partial charge in [0, 0.05) is 24.2 Å². The smallest absolute Gasteiger partial charge is 0.123 e. The molecule has 0 aliphatic heterocycles. The van der Waals surface area contributed by atoms with E-state index in [9.17, 15) is 0 Å². The Balaban J connectivity index is 1.42. The first kappa shape index (κ1) is 21.5. The van der Waals surface area contributed by atoms with E-state index in [1.165, 1.54) is 44.1 Å². The molecule has 0 aromatic heterocycles. The van der Waals surface area contributed by atoms with Crippen LogP contribution in [-0.2, 0) is 6.54 Å². The lowest BCUT2D eigenvalue weighted by Crippen LogP contribution is -2.28. The fraction of sp³-hybridized carbons (Fsp3) is 0.520. The standard InChI is InChI=1S/C25H35NO3/c1-20(17-21-9-4-3-5-10-21)26-19-22-11-6-7-14-25(22)29-16-15-28-24-13-8-12-23(18-24)27-2/h6-8,11-14,18,20-21,26H,3-5,9-10,15-17,19H2,1-2H3. The maximum Gasteiger partial charge on any atom is 0.123 e. The Labute approximate surface area is 175 Å². The highest BCUT2D eigenvalue weighted by Crippen LogP contribution is 2.27. The molecular weight excluding hydrogens is 362 g/mol. The summed E-state index contributed by atoms with van der Waals surface area (Å²) in [5, 5.41) is 3.69. The van der Waals surface area contributed by atoms with Crippen LogP contribution in [-0.4, -0.2) is 26.4 Å². The molecule has 1 unspecified atom stereocenters. The molecule has 1 N–H and O–H groups in total. The lowest BCUT2D eigenvalue weighted by molar-refractivity contribution is 0.215. The van der Waals surface area contributed by atoms with Gasteiger partial charge in [-0.05, 0) is 37.5 Å². The zero-order chi connectivity index (χ0) is 20.3. The van der Waals surface area contributed by atoms with Gasteiger partial charge in [0.15, 0.2) is 0 Å². The molecule has 1 aliphatic rings. The molecule has 0 amide bonds. The maximum atomic E-state index is 6.00. The fourth-order valence-corrected chi connectivity index (χ4v) is 4.08. The quantitative estimate of drug-likeness (QED) is 0.501. The molecular formula is C25H35NO3. The van der Waals surface area contributed by atoms with Crippen LogP contribution in [0, 0.1) is 5.92 Å². The van der Waals surface area contributed by atoms with E-state index in [4.69, 9.17) is 14.2 Å². The average Bonchev–Trinajstić information content (AvgIpc) is 2.77. The van der Waals surface area contributed by atoms with Crippen LogP contribution >= 0.6 is 0 Å². The van der Waals surface area contributed by atoms with Crippen molar-refractivity contribution in [3.63, 3.8) is 0 Å². The van der Waals surface area contributed by atoms with Gasteiger partial charge in [-0.15, -0.1) is 0 Å². The van der Waals surface area contributed by atoms with Crippen LogP contribution in [0.5, 0.6) is 17.2 Å². The monoisotopic (exact) mass is 397 g/mol. The largest absolute Gasteiger partial charge is 0.497 e. The summed E-state index contributed by atoms with van der Waals surface area (Å²) >= 11 is 0. The first-order chi connectivity index (χ1) is 14.2. The van der Waals surface area contributed by atoms with Crippen molar-refractivity contribution in [2.75, 3.05) is 20.3 Å². The molecule has 1 saturated carbocycles. The van der Waals surface area contributed by atoms with Gasteiger partial charge in [-0.3, -0.25) is 0 Å². The minimum absolute atomic E-state index is 0.493. The molecule has 29 heavy (non-hydrogen) atoms. The van der Waals surface area contributed by atoms with E-state index in [-0.39, 0.29) is 0 Å². The van der Waals surface area contributed by atoms with Crippen LogP contribution in [0.25, 0.3) is 0 Å². The van der Waals surface area contributed by atoms with Crippen LogP contribution in [0.3, 0.4) is 0 Å². The molecule has 4 heteroatoms. The van der Waals surface area contributed by atoms with E-state index in [1.807, 2.05) is 36.4 Å². The van der Waals surface area contributed by atoms with Crippen molar-refractivity contribution in [2.24, 2.45) is 5.92 Å². The molecule has 0 heterocycles. The lowest BCUT2D eigenvalue weighted by atomic mass is 9.85. The summed E-state index contributed by atoms with van der Waals surface area (Å²) in [4.78, 5) is 0. The van der Waals surface area contributed by atoms with E-state index in [0.717, 1.165) is 29.7 Å². The second-order valence-electron chi connectivity index (χ2n) is 8.01. The van der Waals surface area contributed by atoms with Crippen molar-refractivity contribution in [1.29, 1.82) is 0 Å². The number of methoxy groups -OCH3 is 1. The Morgan fingerprint density at radius 3 is 2.52 bits per heavy atom. The number of benzene rings is 2. The maximum absolute atomic E-state index is 6.00. The molecule has 2 aromatic carbocycles. The van der Waals surface area contributed by atoms with Gasteiger partial charge in [0.25, 0.3) is 0 Å². The molecule has 1 fully saturated rings. The zero-order valence-electron chi connectivity index (χ0n) is 17.9. The normalized spacial score (nSPS) is 15.7. The average molecular weight is 398 g/mol. The molecule has 3 rings (SSSR count). The highest BCUT2D eigenvalue weighted by Gasteiger charge is 2.16. The first-order valence-corrected chi connectivity index (χ1v) is 11.0. The van der Waals surface area contributed by atoms with Crippen LogP contribution in [0.4, 0.5) is 0 Å². The third-order valence-electron chi connectivity index (χ3n) is 5.68. The van der Waals surface area contributed by atoms with Crippen LogP contribution in [0.2, 0.25) is 0 Å². The fourth-order valence-electron chi connectivity index (χ4n) is 4.08. The minimum Gasteiger partial charge on any atom is -0.497 e. The molecule has 0 radical (unpaired) electrons. The Morgan fingerprint density at radius 2 is 1.69 bits per heavy atom. The molecule has 0 bridgehead atoms. The molecule has 0 spiro atoms. The SMILES string of the molecule is COc1cccc(OCCOc2ccccc2CNC(C)CC2CCCCC2)c1. The lowest BCUT2D eigenvalue weighted by Gasteiger charge is -2.25. The van der Waals surface area contributed by atoms with E-state index < -0.39 is 0 Å². The number of ether oxygens (including phenoxy) is 3. The highest BCUT2D eigenvalue weighted by molar-refractivity contribution is 5.34. The highest BCUT2D eigenvalue weighted by atomic mass is 16.5. The minimum atomic E-state index is 0.493. The number of para-hydroxylation sites is 1. The Kier molecular flexibility index (Phi) is 8.69. The van der Waals surface area contributed by atoms with Gasteiger partial charge in [0.05, 0.1) is 7.11 Å². The second-order valence-corrected chi connectivity index (χ2v) is 8.01. The van der Waals surface area contributed by atoms with Gasteiger partial charge in [-0.2, -0.15) is 0 Å². The van der Waals surface area contributed by atoms with Gasteiger partial charge in [-0.25, -0.2) is 0 Å². The third-order valence-corrected chi connectivity index (χ3v) is 5.68. The predicted molar refractivity (Wildman–Crippen MR) is 118 cm³/mol. The summed E-state index contributed by atoms with van der Waals surface area (Å²) in [6.07, 6.45) is 8.32. The summed E-state index contributed by atoms with van der Waals surface area (Å²) in [6, 6.07) is 16.4. The molecule has 1 atom stereocenters. The molecule has 158 valence electrons. The van der Waals surface area contributed by atoms with E-state index in [2.05, 4.69) is 24.4 Å². The van der Waals surface area contributed by atoms with Gasteiger partial charge in [0.1, 0.15) is 30.5 Å². The van der Waals surface area contributed by atoms with Gasteiger partial charge in [-0.1, -0.05) is 56.4 Å². The Hall–Kier alpha value is -2.20. The topological polar surface area (TPSA) is 39.7 Å². The number of hydrogen-bond acceptors (Lipinski definition) is 4. The van der Waals surface area contributed by atoms with E-state index in [0.29, 0.717) is 19.3 Å². The van der Waals surface area contributed by atoms with E-state index in [1.54, 1.807) is 7.11 Å². The molecule has 2 aromatic rings. The van der Waals surface area contributed by atoms with Crippen LogP contribution in [0.1, 0.15) is 51.0 Å². The Morgan fingerprint density at radius 1 is 0.931 bits per heavy atom. The van der Waals surface area contributed by atoms with Crippen LogP contribution < -0.4 is 19.5 Å². The van der Waals surface area contributed by atoms with E-state index >= 15 is 0 Å². The van der Waals surface area contributed by atoms with Crippen molar-refractivity contribution in [1.82, 2.24) is 5.32 Å². The Bertz CT molecular complexity index is 728. The number of nitrogens with one attached hydrogen (secondary N) is 1. The van der Waals surface area contributed by atoms with Crippen LogP contribution in [0.15, 0.2) is 48.5 Å². The van der Waals surface area contributed by atoms with Crippen molar-refractivity contribution in [3.8, 4) is 17.2 Å². The van der Waals surface area contributed by atoms with Gasteiger partial charge < -0.3 is 19.5 Å². The second kappa shape index (κ2) is 11.7. The summed E-state index contributed by atoms with van der Waals surface area (Å²) in [7, 11) is 1.66. The molecule has 4 nitrogen and oxygen atoms in total. The summed E-state index contributed by atoms with van der Waals surface area (Å²) < 4.78 is 17.0. The van der Waals surface area contributed by atoms with Gasteiger partial charge in [0.2, 0.25) is 0 Å². The third kappa shape index (κ3) is 7.28. The molecule has 1 aliphatic carbocycles. The zero-order valence-corrected chi connectivity index (χ0v) is 17.9. The van der Waals surface area contributed by atoms with Gasteiger partial charge >= 0.3 is 0 Å². The van der Waals surface area contributed by atoms with Crippen molar-refractivity contribution >= 4 is 0 Å². The summed E-state index contributed by atoms with van der Waals surface area (Å²) in [6.45, 7) is 4.14. The first-order valence-electron chi connectivity index (χ1n) is 11.0. The summed E-state index contributed by atoms with van der Waals surface area (Å²) in [5.41, 5.74) is 1.20.